The topological polar surface area (TPSA) is 129 Å². The molecular formula is C13H22N2O7. The number of aliphatic hydroxyl groups is 3. The number of rotatable bonds is 4. The Morgan fingerprint density at radius 1 is 1.36 bits per heavy atom. The molecule has 126 valence electrons. The number of nitrogens with zero attached hydrogens (tertiary/aromatic N) is 1. The van der Waals surface area contributed by atoms with E-state index in [1.807, 2.05) is 0 Å². The van der Waals surface area contributed by atoms with E-state index in [9.17, 15) is 19.8 Å². The quantitative estimate of drug-likeness (QED) is 0.440. The van der Waals surface area contributed by atoms with Gasteiger partial charge in [-0.25, -0.2) is 0 Å². The van der Waals surface area contributed by atoms with E-state index in [1.165, 1.54) is 18.9 Å². The van der Waals surface area contributed by atoms with Crippen LogP contribution in [0.25, 0.3) is 0 Å². The van der Waals surface area contributed by atoms with Crippen molar-refractivity contribution in [1.29, 1.82) is 0 Å². The molecular weight excluding hydrogens is 296 g/mol. The summed E-state index contributed by atoms with van der Waals surface area (Å²) in [4.78, 5) is 24.8. The highest BCUT2D eigenvalue weighted by Gasteiger charge is 2.46. The maximum absolute atomic E-state index is 11.8. The summed E-state index contributed by atoms with van der Waals surface area (Å²) in [6.45, 7) is 1.12. The first-order chi connectivity index (χ1) is 10.4. The summed E-state index contributed by atoms with van der Waals surface area (Å²) < 4.78 is 10.8. The van der Waals surface area contributed by atoms with Crippen LogP contribution >= 0.6 is 0 Å². The molecule has 0 radical (unpaired) electrons. The molecule has 4 N–H and O–H groups in total. The molecule has 2 rings (SSSR count). The first-order valence-electron chi connectivity index (χ1n) is 7.15. The molecule has 0 bridgehead atoms. The maximum Gasteiger partial charge on any atom is 0.242 e. The highest BCUT2D eigenvalue weighted by Crippen LogP contribution is 2.27. The summed E-state index contributed by atoms with van der Waals surface area (Å²) in [5.41, 5.74) is 0. The number of ether oxygens (including phenoxy) is 2. The van der Waals surface area contributed by atoms with Crippen molar-refractivity contribution in [2.24, 2.45) is 0 Å². The second-order valence-electron chi connectivity index (χ2n) is 5.50. The van der Waals surface area contributed by atoms with Crippen LogP contribution in [0.1, 0.15) is 13.3 Å². The Labute approximate surface area is 127 Å². The van der Waals surface area contributed by atoms with E-state index >= 15 is 0 Å². The van der Waals surface area contributed by atoms with Crippen LogP contribution in [0.15, 0.2) is 0 Å². The Morgan fingerprint density at radius 2 is 2.05 bits per heavy atom. The number of nitrogens with one attached hydrogen (secondary N) is 1. The molecule has 6 atom stereocenters. The van der Waals surface area contributed by atoms with Crippen LogP contribution in [-0.2, 0) is 19.1 Å². The van der Waals surface area contributed by atoms with Crippen LogP contribution < -0.4 is 5.32 Å². The Hall–Kier alpha value is -1.26. The SMILES string of the molecule is CNC(=O)[C@@H]1C[C@@H](O[C@H]2O[C@@H](CO)[C@H](O)[C@H]2O)CN1C(C)=O. The van der Waals surface area contributed by atoms with Crippen LogP contribution in [-0.4, -0.2) is 89.0 Å². The predicted octanol–water partition coefficient (Wildman–Crippen LogP) is -2.82. The number of aliphatic hydroxyl groups excluding tert-OH is 3. The molecule has 9 heteroatoms. The smallest absolute Gasteiger partial charge is 0.242 e. The van der Waals surface area contributed by atoms with E-state index in [1.54, 1.807) is 0 Å². The van der Waals surface area contributed by atoms with Crippen molar-refractivity contribution in [2.45, 2.75) is 50.1 Å². The molecule has 0 unspecified atom stereocenters. The average molecular weight is 318 g/mol. The molecule has 0 aromatic heterocycles. The molecule has 0 aromatic rings. The summed E-state index contributed by atoms with van der Waals surface area (Å²) in [6.07, 6.45) is -4.78. The van der Waals surface area contributed by atoms with Gasteiger partial charge in [0.1, 0.15) is 24.4 Å². The van der Waals surface area contributed by atoms with Gasteiger partial charge in [0.2, 0.25) is 11.8 Å². The fraction of sp³-hybridized carbons (Fsp3) is 0.846. The number of amides is 2. The molecule has 2 heterocycles. The number of likely N-dealkylation sites (N-methyl/N-ethyl adjacent to an activating group) is 1. The lowest BCUT2D eigenvalue weighted by atomic mass is 10.1. The predicted molar refractivity (Wildman–Crippen MR) is 72.5 cm³/mol. The molecule has 9 nitrogen and oxygen atoms in total. The Kier molecular flexibility index (Phi) is 5.35. The van der Waals surface area contributed by atoms with Crippen LogP contribution in [0.2, 0.25) is 0 Å². The summed E-state index contributed by atoms with van der Waals surface area (Å²) in [5, 5.41) is 31.1. The second kappa shape index (κ2) is 6.88. The zero-order valence-electron chi connectivity index (χ0n) is 12.5. The molecule has 2 saturated heterocycles. The van der Waals surface area contributed by atoms with Crippen molar-refractivity contribution >= 4 is 11.8 Å². The minimum Gasteiger partial charge on any atom is -0.394 e. The van der Waals surface area contributed by atoms with Crippen LogP contribution in [0, 0.1) is 0 Å². The third-order valence-corrected chi connectivity index (χ3v) is 4.04. The number of likely N-dealkylation sites (tertiary alicyclic amines) is 1. The lowest BCUT2D eigenvalue weighted by molar-refractivity contribution is -0.191. The molecule has 2 aliphatic rings. The Balaban J connectivity index is 2.00. The highest BCUT2D eigenvalue weighted by molar-refractivity contribution is 5.87. The van der Waals surface area contributed by atoms with E-state index in [2.05, 4.69) is 5.32 Å². The van der Waals surface area contributed by atoms with E-state index in [4.69, 9.17) is 14.6 Å². The van der Waals surface area contributed by atoms with Gasteiger partial charge in [-0.2, -0.15) is 0 Å². The van der Waals surface area contributed by atoms with Gasteiger partial charge in [0.25, 0.3) is 0 Å². The minimum absolute atomic E-state index is 0.194. The fourth-order valence-corrected chi connectivity index (χ4v) is 2.83. The molecule has 0 saturated carbocycles. The van der Waals surface area contributed by atoms with Gasteiger partial charge in [-0.05, 0) is 0 Å². The lowest BCUT2D eigenvalue weighted by Crippen LogP contribution is -2.44. The third-order valence-electron chi connectivity index (χ3n) is 4.04. The summed E-state index contributed by atoms with van der Waals surface area (Å²) in [7, 11) is 1.49. The highest BCUT2D eigenvalue weighted by atomic mass is 16.7. The second-order valence-corrected chi connectivity index (χ2v) is 5.50. The van der Waals surface area contributed by atoms with Crippen LogP contribution in [0.3, 0.4) is 0 Å². The standard InChI is InChI=1S/C13H22N2O7/c1-6(17)15-4-7(3-8(15)12(20)14-2)21-13-11(19)10(18)9(5-16)22-13/h7-11,13,16,18-19H,3-5H2,1-2H3,(H,14,20)/t7-,8+,9+,10+,11-,13+/m1/s1. The van der Waals surface area contributed by atoms with Gasteiger partial charge in [0.05, 0.1) is 12.7 Å². The Morgan fingerprint density at radius 3 is 2.55 bits per heavy atom. The fourth-order valence-electron chi connectivity index (χ4n) is 2.83. The van der Waals surface area contributed by atoms with Crippen LogP contribution in [0.4, 0.5) is 0 Å². The van der Waals surface area contributed by atoms with Crippen molar-refractivity contribution in [3.05, 3.63) is 0 Å². The molecule has 22 heavy (non-hydrogen) atoms. The van der Waals surface area contributed by atoms with E-state index in [0.29, 0.717) is 0 Å². The zero-order valence-corrected chi connectivity index (χ0v) is 12.5. The van der Waals surface area contributed by atoms with Crippen molar-refractivity contribution in [3.8, 4) is 0 Å². The van der Waals surface area contributed by atoms with Gasteiger partial charge in [0, 0.05) is 26.9 Å². The molecule has 0 aliphatic carbocycles. The number of hydrogen-bond acceptors (Lipinski definition) is 7. The van der Waals surface area contributed by atoms with Gasteiger partial charge in [0.15, 0.2) is 6.29 Å². The van der Waals surface area contributed by atoms with E-state index < -0.39 is 43.4 Å². The summed E-state index contributed by atoms with van der Waals surface area (Å²) >= 11 is 0. The third kappa shape index (κ3) is 3.23. The number of carbonyl (C=O) groups is 2. The molecule has 2 amide bonds. The van der Waals surface area contributed by atoms with Crippen molar-refractivity contribution < 1.29 is 34.4 Å². The molecule has 0 aromatic carbocycles. The van der Waals surface area contributed by atoms with Crippen molar-refractivity contribution in [3.63, 3.8) is 0 Å². The monoisotopic (exact) mass is 318 g/mol. The largest absolute Gasteiger partial charge is 0.394 e. The number of carbonyl (C=O) groups excluding carboxylic acids is 2. The summed E-state index contributed by atoms with van der Waals surface area (Å²) in [6, 6.07) is -0.635. The van der Waals surface area contributed by atoms with Gasteiger partial charge in [-0.1, -0.05) is 0 Å². The van der Waals surface area contributed by atoms with Gasteiger partial charge >= 0.3 is 0 Å². The molecule has 2 aliphatic heterocycles. The lowest BCUT2D eigenvalue weighted by Gasteiger charge is -2.21. The zero-order chi connectivity index (χ0) is 16.4. The van der Waals surface area contributed by atoms with Crippen molar-refractivity contribution in [1.82, 2.24) is 10.2 Å². The molecule has 2 fully saturated rings. The van der Waals surface area contributed by atoms with E-state index in [0.717, 1.165) is 0 Å². The first kappa shape index (κ1) is 17.1. The summed E-state index contributed by atoms with van der Waals surface area (Å²) in [5.74, 6) is -0.539. The molecule has 0 spiro atoms. The first-order valence-corrected chi connectivity index (χ1v) is 7.15. The van der Waals surface area contributed by atoms with Gasteiger partial charge < -0.3 is 35.0 Å². The maximum atomic E-state index is 11.8. The van der Waals surface area contributed by atoms with Gasteiger partial charge in [-0.3, -0.25) is 9.59 Å². The van der Waals surface area contributed by atoms with Crippen molar-refractivity contribution in [2.75, 3.05) is 20.2 Å². The normalized spacial score (nSPS) is 38.3. The number of hydrogen-bond donors (Lipinski definition) is 4. The Bertz CT molecular complexity index is 433. The van der Waals surface area contributed by atoms with Gasteiger partial charge in [-0.15, -0.1) is 0 Å². The van der Waals surface area contributed by atoms with Crippen LogP contribution in [0.5, 0.6) is 0 Å². The average Bonchev–Trinajstić information content (AvgIpc) is 3.03. The van der Waals surface area contributed by atoms with E-state index in [-0.39, 0.29) is 24.8 Å². The minimum atomic E-state index is -1.29.